The van der Waals surface area contributed by atoms with Crippen molar-refractivity contribution >= 4 is 23.2 Å². The summed E-state index contributed by atoms with van der Waals surface area (Å²) in [6.45, 7) is 2.15. The van der Waals surface area contributed by atoms with Crippen LogP contribution in [0.3, 0.4) is 0 Å². The van der Waals surface area contributed by atoms with E-state index < -0.39 is 5.97 Å². The molecule has 0 bridgehead atoms. The molecule has 2 N–H and O–H groups in total. The second-order valence-corrected chi connectivity index (χ2v) is 4.81. The van der Waals surface area contributed by atoms with Gasteiger partial charge in [-0.25, -0.2) is 4.98 Å². The zero-order chi connectivity index (χ0) is 13.5. The molecule has 0 spiro atoms. The van der Waals surface area contributed by atoms with E-state index in [-0.39, 0.29) is 18.4 Å². The zero-order valence-electron chi connectivity index (χ0n) is 10.3. The molecule has 1 heterocycles. The topological polar surface area (TPSA) is 88.5 Å². The van der Waals surface area contributed by atoms with Gasteiger partial charge in [0.1, 0.15) is 10.7 Å². The fourth-order valence-electron chi connectivity index (χ4n) is 1.31. The van der Waals surface area contributed by atoms with Crippen molar-refractivity contribution in [1.29, 1.82) is 0 Å². The van der Waals surface area contributed by atoms with Crippen LogP contribution in [0.2, 0.25) is 0 Å². The summed E-state index contributed by atoms with van der Waals surface area (Å²) in [5, 5.41) is 13.6. The Balaban J connectivity index is 2.45. The monoisotopic (exact) mass is 272 g/mol. The standard InChI is InChI=1S/C11H16N2O4S/c1-7(3-4-10(14)15)12-11(16)8-6-18-9(13-8)5-17-2/h6-7H,3-5H2,1-2H3,(H,12,16)(H,14,15). The lowest BCUT2D eigenvalue weighted by molar-refractivity contribution is -0.137. The van der Waals surface area contributed by atoms with E-state index in [1.165, 1.54) is 11.3 Å². The molecule has 7 heteroatoms. The van der Waals surface area contributed by atoms with Crippen molar-refractivity contribution < 1.29 is 19.4 Å². The number of nitrogens with one attached hydrogen (secondary N) is 1. The largest absolute Gasteiger partial charge is 0.481 e. The summed E-state index contributed by atoms with van der Waals surface area (Å²) in [7, 11) is 1.56. The molecule has 0 saturated carbocycles. The molecule has 0 aliphatic carbocycles. The van der Waals surface area contributed by atoms with E-state index in [9.17, 15) is 9.59 Å². The first-order valence-electron chi connectivity index (χ1n) is 5.49. The van der Waals surface area contributed by atoms with Gasteiger partial charge in [-0.15, -0.1) is 11.3 Å². The third-order valence-electron chi connectivity index (χ3n) is 2.22. The number of methoxy groups -OCH3 is 1. The Morgan fingerprint density at radius 1 is 1.61 bits per heavy atom. The lowest BCUT2D eigenvalue weighted by atomic mass is 10.2. The van der Waals surface area contributed by atoms with E-state index in [2.05, 4.69) is 10.3 Å². The number of aliphatic carboxylic acids is 1. The average Bonchev–Trinajstić information content (AvgIpc) is 2.75. The lowest BCUT2D eigenvalue weighted by Crippen LogP contribution is -2.33. The van der Waals surface area contributed by atoms with Crippen LogP contribution in [0.15, 0.2) is 5.38 Å². The molecule has 0 fully saturated rings. The number of hydrogen-bond acceptors (Lipinski definition) is 5. The van der Waals surface area contributed by atoms with Crippen molar-refractivity contribution in [1.82, 2.24) is 10.3 Å². The number of nitrogens with zero attached hydrogens (tertiary/aromatic N) is 1. The second kappa shape index (κ2) is 7.07. The van der Waals surface area contributed by atoms with Crippen LogP contribution >= 0.6 is 11.3 Å². The number of hydrogen-bond donors (Lipinski definition) is 2. The first kappa shape index (κ1) is 14.6. The molecule has 1 atom stereocenters. The Labute approximate surface area is 109 Å². The summed E-state index contributed by atoms with van der Waals surface area (Å²) in [5.41, 5.74) is 0.342. The Morgan fingerprint density at radius 3 is 2.94 bits per heavy atom. The average molecular weight is 272 g/mol. The third kappa shape index (κ3) is 4.80. The molecule has 1 aromatic heterocycles. The first-order valence-corrected chi connectivity index (χ1v) is 6.37. The molecule has 0 radical (unpaired) electrons. The van der Waals surface area contributed by atoms with E-state index in [0.29, 0.717) is 18.7 Å². The zero-order valence-corrected chi connectivity index (χ0v) is 11.1. The molecule has 18 heavy (non-hydrogen) atoms. The van der Waals surface area contributed by atoms with Gasteiger partial charge < -0.3 is 15.2 Å². The van der Waals surface area contributed by atoms with Crippen LogP contribution in [0.1, 0.15) is 35.3 Å². The minimum Gasteiger partial charge on any atom is -0.481 e. The summed E-state index contributed by atoms with van der Waals surface area (Å²) >= 11 is 1.36. The molecule has 100 valence electrons. The van der Waals surface area contributed by atoms with Gasteiger partial charge in [-0.3, -0.25) is 9.59 Å². The number of aromatic nitrogens is 1. The Kier molecular flexibility index (Phi) is 5.73. The number of carboxylic acid groups (broad SMARTS) is 1. The number of amides is 1. The van der Waals surface area contributed by atoms with Crippen LogP contribution in [0.25, 0.3) is 0 Å². The maximum Gasteiger partial charge on any atom is 0.303 e. The predicted octanol–water partition coefficient (Wildman–Crippen LogP) is 1.27. The van der Waals surface area contributed by atoms with Crippen LogP contribution in [0, 0.1) is 0 Å². The molecular formula is C11H16N2O4S. The number of carbonyl (C=O) groups excluding carboxylic acids is 1. The Bertz CT molecular complexity index is 419. The van der Waals surface area contributed by atoms with E-state index in [0.717, 1.165) is 5.01 Å². The highest BCUT2D eigenvalue weighted by molar-refractivity contribution is 7.09. The van der Waals surface area contributed by atoms with Crippen molar-refractivity contribution in [2.75, 3.05) is 7.11 Å². The van der Waals surface area contributed by atoms with E-state index >= 15 is 0 Å². The first-order chi connectivity index (χ1) is 8.52. The highest BCUT2D eigenvalue weighted by Gasteiger charge is 2.14. The van der Waals surface area contributed by atoms with Crippen LogP contribution in [0.5, 0.6) is 0 Å². The maximum atomic E-state index is 11.8. The molecular weight excluding hydrogens is 256 g/mol. The molecule has 0 saturated heterocycles. The summed E-state index contributed by atoms with van der Waals surface area (Å²) in [5.74, 6) is -1.15. The van der Waals surface area contributed by atoms with Crippen LogP contribution in [-0.2, 0) is 16.1 Å². The number of rotatable bonds is 7. The quantitative estimate of drug-likeness (QED) is 0.780. The van der Waals surface area contributed by atoms with Crippen molar-refractivity contribution in [3.8, 4) is 0 Å². The van der Waals surface area contributed by atoms with Gasteiger partial charge in [-0.05, 0) is 13.3 Å². The summed E-state index contributed by atoms with van der Waals surface area (Å²) in [6, 6.07) is -0.193. The summed E-state index contributed by atoms with van der Waals surface area (Å²) < 4.78 is 4.92. The predicted molar refractivity (Wildman–Crippen MR) is 66.6 cm³/mol. The molecule has 1 aromatic rings. The maximum absolute atomic E-state index is 11.8. The fraction of sp³-hybridized carbons (Fsp3) is 0.545. The summed E-state index contributed by atoms with van der Waals surface area (Å²) in [6.07, 6.45) is 0.434. The molecule has 0 aromatic carbocycles. The van der Waals surface area contributed by atoms with Gasteiger partial charge in [0, 0.05) is 25.0 Å². The number of ether oxygens (including phenoxy) is 1. The van der Waals surface area contributed by atoms with Crippen molar-refractivity contribution in [3.63, 3.8) is 0 Å². The van der Waals surface area contributed by atoms with Crippen molar-refractivity contribution in [2.24, 2.45) is 0 Å². The van der Waals surface area contributed by atoms with Gasteiger partial charge in [0.25, 0.3) is 5.91 Å². The minimum absolute atomic E-state index is 0.0352. The van der Waals surface area contributed by atoms with Gasteiger partial charge >= 0.3 is 5.97 Å². The molecule has 0 aliphatic rings. The van der Waals surface area contributed by atoms with Crippen LogP contribution in [0.4, 0.5) is 0 Å². The smallest absolute Gasteiger partial charge is 0.303 e. The highest BCUT2D eigenvalue weighted by Crippen LogP contribution is 2.11. The van der Waals surface area contributed by atoms with Gasteiger partial charge in [0.05, 0.1) is 6.61 Å². The fourth-order valence-corrected chi connectivity index (χ4v) is 2.06. The molecule has 6 nitrogen and oxygen atoms in total. The normalized spacial score (nSPS) is 12.1. The molecule has 1 unspecified atom stereocenters. The van der Waals surface area contributed by atoms with Crippen LogP contribution in [-0.4, -0.2) is 35.1 Å². The SMILES string of the molecule is COCc1nc(C(=O)NC(C)CCC(=O)O)cs1. The van der Waals surface area contributed by atoms with Gasteiger partial charge in [-0.1, -0.05) is 0 Å². The second-order valence-electron chi connectivity index (χ2n) is 3.87. The van der Waals surface area contributed by atoms with Gasteiger partial charge in [-0.2, -0.15) is 0 Å². The van der Waals surface area contributed by atoms with Gasteiger partial charge in [0.2, 0.25) is 0 Å². The van der Waals surface area contributed by atoms with Crippen molar-refractivity contribution in [2.45, 2.75) is 32.4 Å². The Hall–Kier alpha value is -1.47. The van der Waals surface area contributed by atoms with E-state index in [1.807, 2.05) is 0 Å². The van der Waals surface area contributed by atoms with Gasteiger partial charge in [0.15, 0.2) is 0 Å². The van der Waals surface area contributed by atoms with Crippen LogP contribution < -0.4 is 5.32 Å². The van der Waals surface area contributed by atoms with E-state index in [4.69, 9.17) is 9.84 Å². The summed E-state index contributed by atoms with van der Waals surface area (Å²) in [4.78, 5) is 26.3. The molecule has 0 aliphatic heterocycles. The van der Waals surface area contributed by atoms with Crippen molar-refractivity contribution in [3.05, 3.63) is 16.1 Å². The number of carboxylic acids is 1. The number of carbonyl (C=O) groups is 2. The molecule has 1 amide bonds. The highest BCUT2D eigenvalue weighted by atomic mass is 32.1. The third-order valence-corrected chi connectivity index (χ3v) is 3.04. The lowest BCUT2D eigenvalue weighted by Gasteiger charge is -2.11. The Morgan fingerprint density at radius 2 is 2.33 bits per heavy atom. The van der Waals surface area contributed by atoms with E-state index in [1.54, 1.807) is 19.4 Å². The molecule has 1 rings (SSSR count). The number of thiazole rings is 1. The minimum atomic E-state index is -0.868.